The third-order valence-corrected chi connectivity index (χ3v) is 3.97. The molecule has 0 aromatic carbocycles. The monoisotopic (exact) mass is 233 g/mol. The molecule has 15 heavy (non-hydrogen) atoms. The van der Waals surface area contributed by atoms with Crippen LogP contribution in [0.1, 0.15) is 25.4 Å². The predicted molar refractivity (Wildman–Crippen MR) is 56.5 cm³/mol. The minimum absolute atomic E-state index is 0.283. The molecule has 0 aliphatic rings. The average Bonchev–Trinajstić information content (AvgIpc) is 2.70. The van der Waals surface area contributed by atoms with Crippen molar-refractivity contribution in [3.63, 3.8) is 0 Å². The maximum atomic E-state index is 12.2. The van der Waals surface area contributed by atoms with Gasteiger partial charge in [-0.1, -0.05) is 0 Å². The van der Waals surface area contributed by atoms with Crippen molar-refractivity contribution in [2.45, 2.75) is 19.6 Å². The highest BCUT2D eigenvalue weighted by molar-refractivity contribution is 7.54. The minimum atomic E-state index is -3.32. The Morgan fingerprint density at radius 2 is 2.07 bits per heavy atom. The fourth-order valence-electron chi connectivity index (χ4n) is 1.17. The summed E-state index contributed by atoms with van der Waals surface area (Å²) in [5.74, 6) is -0.465. The SMILES string of the molecule is CCOP(=O)(OCC)C(N)c1ccco1. The Kier molecular flexibility index (Phi) is 4.54. The molecule has 6 heteroatoms. The van der Waals surface area contributed by atoms with Crippen LogP contribution in [0.3, 0.4) is 0 Å². The fourth-order valence-corrected chi connectivity index (χ4v) is 2.75. The molecule has 0 fully saturated rings. The van der Waals surface area contributed by atoms with Crippen LogP contribution in [-0.2, 0) is 13.6 Å². The maximum Gasteiger partial charge on any atom is 0.354 e. The van der Waals surface area contributed by atoms with E-state index in [9.17, 15) is 4.57 Å². The first-order valence-electron chi connectivity index (χ1n) is 4.81. The van der Waals surface area contributed by atoms with Crippen molar-refractivity contribution in [1.82, 2.24) is 0 Å². The van der Waals surface area contributed by atoms with E-state index in [1.807, 2.05) is 0 Å². The molecule has 0 saturated heterocycles. The van der Waals surface area contributed by atoms with Gasteiger partial charge in [0.1, 0.15) is 5.76 Å². The minimum Gasteiger partial charge on any atom is -0.467 e. The van der Waals surface area contributed by atoms with Gasteiger partial charge < -0.3 is 19.2 Å². The quantitative estimate of drug-likeness (QED) is 0.764. The van der Waals surface area contributed by atoms with E-state index in [-0.39, 0.29) is 13.2 Å². The van der Waals surface area contributed by atoms with Crippen LogP contribution in [0.4, 0.5) is 0 Å². The molecule has 0 amide bonds. The summed E-state index contributed by atoms with van der Waals surface area (Å²) in [6.07, 6.45) is 1.47. The van der Waals surface area contributed by atoms with E-state index < -0.39 is 13.4 Å². The van der Waals surface area contributed by atoms with Gasteiger partial charge in [0, 0.05) is 0 Å². The topological polar surface area (TPSA) is 74.7 Å². The van der Waals surface area contributed by atoms with Crippen LogP contribution >= 0.6 is 7.60 Å². The first kappa shape index (κ1) is 12.5. The summed E-state index contributed by atoms with van der Waals surface area (Å²) in [6, 6.07) is 3.33. The van der Waals surface area contributed by atoms with Crippen LogP contribution < -0.4 is 5.73 Å². The molecule has 5 nitrogen and oxygen atoms in total. The van der Waals surface area contributed by atoms with Gasteiger partial charge in [-0.3, -0.25) is 4.57 Å². The average molecular weight is 233 g/mol. The van der Waals surface area contributed by atoms with Crippen molar-refractivity contribution in [2.75, 3.05) is 13.2 Å². The van der Waals surface area contributed by atoms with Gasteiger partial charge in [0.05, 0.1) is 19.5 Å². The first-order chi connectivity index (χ1) is 7.14. The van der Waals surface area contributed by atoms with Crippen LogP contribution in [0.25, 0.3) is 0 Å². The van der Waals surface area contributed by atoms with Gasteiger partial charge in [0.15, 0.2) is 5.78 Å². The van der Waals surface area contributed by atoms with Crippen LogP contribution in [-0.4, -0.2) is 13.2 Å². The summed E-state index contributed by atoms with van der Waals surface area (Å²) in [6.45, 7) is 4.04. The Bertz CT molecular complexity index is 315. The highest BCUT2D eigenvalue weighted by atomic mass is 31.2. The molecule has 1 unspecified atom stereocenters. The van der Waals surface area contributed by atoms with Crippen molar-refractivity contribution >= 4 is 7.60 Å². The molecular weight excluding hydrogens is 217 g/mol. The largest absolute Gasteiger partial charge is 0.467 e. The molecule has 1 aromatic rings. The van der Waals surface area contributed by atoms with Crippen molar-refractivity contribution in [3.8, 4) is 0 Å². The zero-order valence-electron chi connectivity index (χ0n) is 8.88. The van der Waals surface area contributed by atoms with Crippen LogP contribution in [0.2, 0.25) is 0 Å². The van der Waals surface area contributed by atoms with Gasteiger partial charge in [0.2, 0.25) is 0 Å². The van der Waals surface area contributed by atoms with Gasteiger partial charge >= 0.3 is 7.60 Å². The van der Waals surface area contributed by atoms with E-state index in [1.54, 1.807) is 26.0 Å². The number of hydrogen-bond acceptors (Lipinski definition) is 5. The summed E-state index contributed by atoms with van der Waals surface area (Å²) in [4.78, 5) is 0. The number of hydrogen-bond donors (Lipinski definition) is 1. The molecule has 1 heterocycles. The second-order valence-corrected chi connectivity index (χ2v) is 4.99. The molecule has 0 radical (unpaired) electrons. The van der Waals surface area contributed by atoms with E-state index in [0.717, 1.165) is 0 Å². The molecule has 0 aliphatic carbocycles. The molecule has 0 saturated carbocycles. The summed E-state index contributed by atoms with van der Waals surface area (Å²) in [5, 5.41) is 0. The molecule has 1 rings (SSSR count). The van der Waals surface area contributed by atoms with Crippen molar-refractivity contribution < 1.29 is 18.0 Å². The smallest absolute Gasteiger partial charge is 0.354 e. The van der Waals surface area contributed by atoms with Gasteiger partial charge in [-0.05, 0) is 26.0 Å². The Labute approximate surface area is 89.1 Å². The van der Waals surface area contributed by atoms with E-state index in [4.69, 9.17) is 19.2 Å². The lowest BCUT2D eigenvalue weighted by molar-refractivity contribution is 0.209. The van der Waals surface area contributed by atoms with Gasteiger partial charge in [-0.25, -0.2) is 0 Å². The number of furan rings is 1. The third-order valence-electron chi connectivity index (χ3n) is 1.79. The van der Waals surface area contributed by atoms with E-state index in [1.165, 1.54) is 6.26 Å². The van der Waals surface area contributed by atoms with Crippen LogP contribution in [0.15, 0.2) is 22.8 Å². The van der Waals surface area contributed by atoms with Gasteiger partial charge in [-0.2, -0.15) is 0 Å². The molecule has 86 valence electrons. The summed E-state index contributed by atoms with van der Waals surface area (Å²) < 4.78 is 27.5. The standard InChI is InChI=1S/C9H16NO4P/c1-3-13-15(11,14-4-2)9(10)8-6-5-7-12-8/h5-7,9H,3-4,10H2,1-2H3. The number of rotatable bonds is 6. The summed E-state index contributed by atoms with van der Waals surface area (Å²) >= 11 is 0. The second kappa shape index (κ2) is 5.47. The normalized spacial score (nSPS) is 14.1. The molecule has 1 aromatic heterocycles. The van der Waals surface area contributed by atoms with Crippen molar-refractivity contribution in [2.24, 2.45) is 5.73 Å². The maximum absolute atomic E-state index is 12.2. The summed E-state index contributed by atoms with van der Waals surface area (Å²) in [5.41, 5.74) is 5.78. The van der Waals surface area contributed by atoms with E-state index in [2.05, 4.69) is 0 Å². The lowest BCUT2D eigenvalue weighted by Crippen LogP contribution is -2.14. The Morgan fingerprint density at radius 3 is 2.47 bits per heavy atom. The molecule has 0 spiro atoms. The molecule has 0 bridgehead atoms. The van der Waals surface area contributed by atoms with E-state index in [0.29, 0.717) is 5.76 Å². The first-order valence-corrected chi connectivity index (χ1v) is 6.43. The zero-order chi connectivity index (χ0) is 11.3. The van der Waals surface area contributed by atoms with Gasteiger partial charge in [-0.15, -0.1) is 0 Å². The van der Waals surface area contributed by atoms with E-state index >= 15 is 0 Å². The molecule has 1 atom stereocenters. The summed E-state index contributed by atoms with van der Waals surface area (Å²) in [7, 11) is -3.32. The van der Waals surface area contributed by atoms with Crippen LogP contribution in [0, 0.1) is 0 Å². The third kappa shape index (κ3) is 2.92. The molecule has 0 aliphatic heterocycles. The fraction of sp³-hybridized carbons (Fsp3) is 0.556. The lowest BCUT2D eigenvalue weighted by Gasteiger charge is -2.21. The van der Waals surface area contributed by atoms with Crippen molar-refractivity contribution in [3.05, 3.63) is 24.2 Å². The molecule has 2 N–H and O–H groups in total. The zero-order valence-corrected chi connectivity index (χ0v) is 9.78. The van der Waals surface area contributed by atoms with Crippen LogP contribution in [0.5, 0.6) is 0 Å². The van der Waals surface area contributed by atoms with Gasteiger partial charge in [0.25, 0.3) is 0 Å². The predicted octanol–water partition coefficient (Wildman–Crippen LogP) is 2.50. The molecular formula is C9H16NO4P. The lowest BCUT2D eigenvalue weighted by atomic mass is 10.5. The Morgan fingerprint density at radius 1 is 1.47 bits per heavy atom. The second-order valence-electron chi connectivity index (χ2n) is 2.84. The highest BCUT2D eigenvalue weighted by Crippen LogP contribution is 2.58. The highest BCUT2D eigenvalue weighted by Gasteiger charge is 2.35. The Balaban J connectivity index is 2.84. The number of nitrogens with two attached hydrogens (primary N) is 1. The Hall–Kier alpha value is -0.610. The van der Waals surface area contributed by atoms with Crippen molar-refractivity contribution in [1.29, 1.82) is 0 Å².